The molecule has 0 atom stereocenters. The summed E-state index contributed by atoms with van der Waals surface area (Å²) in [5.41, 5.74) is 1.29. The maximum Gasteiger partial charge on any atom is 0.323 e. The second kappa shape index (κ2) is 7.05. The molecular formula is C14H16N6O. The van der Waals surface area contributed by atoms with Gasteiger partial charge in [0.15, 0.2) is 0 Å². The Balaban J connectivity index is 2.27. The molecular weight excluding hydrogens is 268 g/mol. The topological polar surface area (TPSA) is 95.8 Å². The van der Waals surface area contributed by atoms with E-state index in [0.717, 1.165) is 5.69 Å². The van der Waals surface area contributed by atoms with E-state index in [1.54, 1.807) is 18.2 Å². The fraction of sp³-hybridized carbons (Fsp3) is 0.286. The zero-order chi connectivity index (χ0) is 15.1. The normalized spacial score (nSPS) is 9.76. The molecule has 1 aromatic carbocycles. The van der Waals surface area contributed by atoms with Gasteiger partial charge in [-0.15, -0.1) is 0 Å². The van der Waals surface area contributed by atoms with E-state index >= 15 is 0 Å². The Bertz CT molecular complexity index is 628. The molecule has 0 radical (unpaired) electrons. The van der Waals surface area contributed by atoms with Gasteiger partial charge >= 0.3 is 6.01 Å². The molecule has 108 valence electrons. The van der Waals surface area contributed by atoms with E-state index in [1.165, 1.54) is 0 Å². The summed E-state index contributed by atoms with van der Waals surface area (Å²) in [5.74, 6) is 0.800. The van der Waals surface area contributed by atoms with Crippen LogP contribution < -0.4 is 15.4 Å². The minimum absolute atomic E-state index is 0.252. The number of aromatic nitrogens is 3. The number of ether oxygens (including phenoxy) is 1. The zero-order valence-corrected chi connectivity index (χ0v) is 11.9. The first-order valence-corrected chi connectivity index (χ1v) is 6.65. The molecule has 0 fully saturated rings. The number of hydrogen-bond donors (Lipinski definition) is 2. The van der Waals surface area contributed by atoms with Gasteiger partial charge in [-0.3, -0.25) is 0 Å². The van der Waals surface area contributed by atoms with Gasteiger partial charge < -0.3 is 15.4 Å². The Morgan fingerprint density at radius 3 is 2.71 bits per heavy atom. The number of nitrogens with zero attached hydrogens (tertiary/aromatic N) is 4. The highest BCUT2D eigenvalue weighted by molar-refractivity contribution is 5.57. The SMILES string of the molecule is CCNc1nc(Nc2cccc(C#N)c2)nc(OCC)n1. The van der Waals surface area contributed by atoms with Crippen LogP contribution >= 0.6 is 0 Å². The summed E-state index contributed by atoms with van der Waals surface area (Å²) in [5, 5.41) is 15.0. The summed E-state index contributed by atoms with van der Waals surface area (Å²) in [6.45, 7) is 4.98. The summed E-state index contributed by atoms with van der Waals surface area (Å²) in [4.78, 5) is 12.6. The molecule has 0 aliphatic rings. The predicted molar refractivity (Wildman–Crippen MR) is 79.6 cm³/mol. The van der Waals surface area contributed by atoms with Crippen LogP contribution in [0.2, 0.25) is 0 Å². The summed E-state index contributed by atoms with van der Waals surface area (Å²) in [6.07, 6.45) is 0. The van der Waals surface area contributed by atoms with E-state index in [2.05, 4.69) is 31.7 Å². The van der Waals surface area contributed by atoms with Crippen molar-refractivity contribution in [1.29, 1.82) is 5.26 Å². The second-order valence-corrected chi connectivity index (χ2v) is 4.05. The van der Waals surface area contributed by atoms with Crippen LogP contribution in [0.3, 0.4) is 0 Å². The number of anilines is 3. The van der Waals surface area contributed by atoms with Gasteiger partial charge in [-0.05, 0) is 32.0 Å². The van der Waals surface area contributed by atoms with Crippen LogP contribution in [0.4, 0.5) is 17.6 Å². The molecule has 0 unspecified atom stereocenters. The lowest BCUT2D eigenvalue weighted by molar-refractivity contribution is 0.312. The van der Waals surface area contributed by atoms with Gasteiger partial charge in [-0.1, -0.05) is 6.07 Å². The van der Waals surface area contributed by atoms with Crippen LogP contribution in [0.5, 0.6) is 6.01 Å². The lowest BCUT2D eigenvalue weighted by atomic mass is 10.2. The molecule has 0 bridgehead atoms. The molecule has 1 aromatic heterocycles. The minimum Gasteiger partial charge on any atom is -0.464 e. The average molecular weight is 284 g/mol. The molecule has 0 aliphatic carbocycles. The second-order valence-electron chi connectivity index (χ2n) is 4.05. The van der Waals surface area contributed by atoms with Crippen molar-refractivity contribution >= 4 is 17.6 Å². The highest BCUT2D eigenvalue weighted by Gasteiger charge is 2.07. The Kier molecular flexibility index (Phi) is 4.88. The molecule has 2 aromatic rings. The molecule has 0 spiro atoms. The van der Waals surface area contributed by atoms with Crippen LogP contribution in [0.15, 0.2) is 24.3 Å². The van der Waals surface area contributed by atoms with Crippen LogP contribution in [0, 0.1) is 11.3 Å². The molecule has 0 saturated heterocycles. The number of hydrogen-bond acceptors (Lipinski definition) is 7. The van der Waals surface area contributed by atoms with Crippen LogP contribution in [-0.2, 0) is 0 Å². The van der Waals surface area contributed by atoms with E-state index in [-0.39, 0.29) is 6.01 Å². The molecule has 2 rings (SSSR count). The summed E-state index contributed by atoms with van der Waals surface area (Å²) in [6, 6.07) is 9.41. The third kappa shape index (κ3) is 4.04. The third-order valence-electron chi connectivity index (χ3n) is 2.47. The van der Waals surface area contributed by atoms with Gasteiger partial charge in [0.2, 0.25) is 11.9 Å². The number of benzene rings is 1. The Hall–Kier alpha value is -2.88. The lowest BCUT2D eigenvalue weighted by Gasteiger charge is -2.09. The molecule has 0 saturated carbocycles. The van der Waals surface area contributed by atoms with Crippen molar-refractivity contribution in [2.75, 3.05) is 23.8 Å². The van der Waals surface area contributed by atoms with Crippen molar-refractivity contribution in [2.24, 2.45) is 0 Å². The molecule has 7 nitrogen and oxygen atoms in total. The number of nitrogens with one attached hydrogen (secondary N) is 2. The van der Waals surface area contributed by atoms with Crippen molar-refractivity contribution < 1.29 is 4.74 Å². The van der Waals surface area contributed by atoms with Crippen molar-refractivity contribution in [1.82, 2.24) is 15.0 Å². The lowest BCUT2D eigenvalue weighted by Crippen LogP contribution is -2.09. The van der Waals surface area contributed by atoms with E-state index in [0.29, 0.717) is 30.6 Å². The van der Waals surface area contributed by atoms with Gasteiger partial charge in [-0.25, -0.2) is 0 Å². The van der Waals surface area contributed by atoms with Crippen molar-refractivity contribution in [2.45, 2.75) is 13.8 Å². The highest BCUT2D eigenvalue weighted by atomic mass is 16.5. The van der Waals surface area contributed by atoms with E-state index < -0.39 is 0 Å². The Morgan fingerprint density at radius 1 is 1.19 bits per heavy atom. The van der Waals surface area contributed by atoms with Gasteiger partial charge in [0.1, 0.15) is 0 Å². The van der Waals surface area contributed by atoms with Crippen molar-refractivity contribution in [3.8, 4) is 12.1 Å². The van der Waals surface area contributed by atoms with Crippen LogP contribution in [-0.4, -0.2) is 28.1 Å². The molecule has 21 heavy (non-hydrogen) atoms. The maximum absolute atomic E-state index is 8.91. The van der Waals surface area contributed by atoms with E-state index in [1.807, 2.05) is 19.9 Å². The first-order valence-electron chi connectivity index (χ1n) is 6.65. The Morgan fingerprint density at radius 2 is 2.00 bits per heavy atom. The smallest absolute Gasteiger partial charge is 0.323 e. The molecule has 0 aliphatic heterocycles. The summed E-state index contributed by atoms with van der Waals surface area (Å²) < 4.78 is 5.32. The van der Waals surface area contributed by atoms with Crippen LogP contribution in [0.1, 0.15) is 19.4 Å². The van der Waals surface area contributed by atoms with E-state index in [9.17, 15) is 0 Å². The largest absolute Gasteiger partial charge is 0.464 e. The average Bonchev–Trinajstić information content (AvgIpc) is 2.48. The van der Waals surface area contributed by atoms with Gasteiger partial charge in [0.25, 0.3) is 0 Å². The minimum atomic E-state index is 0.252. The third-order valence-corrected chi connectivity index (χ3v) is 2.47. The van der Waals surface area contributed by atoms with Crippen molar-refractivity contribution in [3.63, 3.8) is 0 Å². The predicted octanol–water partition coefficient (Wildman–Crippen LogP) is 2.32. The van der Waals surface area contributed by atoms with E-state index in [4.69, 9.17) is 10.00 Å². The monoisotopic (exact) mass is 284 g/mol. The standard InChI is InChI=1S/C14H16N6O/c1-3-16-12-18-13(20-14(19-12)21-4-2)17-11-7-5-6-10(8-11)9-15/h5-8H,3-4H2,1-2H3,(H2,16,17,18,19,20). The highest BCUT2D eigenvalue weighted by Crippen LogP contribution is 2.17. The summed E-state index contributed by atoms with van der Waals surface area (Å²) in [7, 11) is 0. The van der Waals surface area contributed by atoms with Gasteiger partial charge in [0.05, 0.1) is 18.2 Å². The first-order chi connectivity index (χ1) is 10.2. The fourth-order valence-corrected chi connectivity index (χ4v) is 1.64. The number of rotatable bonds is 6. The van der Waals surface area contributed by atoms with Gasteiger partial charge in [-0.2, -0.15) is 20.2 Å². The fourth-order valence-electron chi connectivity index (χ4n) is 1.64. The maximum atomic E-state index is 8.91. The first kappa shape index (κ1) is 14.5. The van der Waals surface area contributed by atoms with Crippen LogP contribution in [0.25, 0.3) is 0 Å². The zero-order valence-electron chi connectivity index (χ0n) is 11.9. The van der Waals surface area contributed by atoms with Gasteiger partial charge in [0, 0.05) is 12.2 Å². The molecule has 2 N–H and O–H groups in total. The molecule has 0 amide bonds. The quantitative estimate of drug-likeness (QED) is 0.840. The Labute approximate surface area is 123 Å². The molecule has 7 heteroatoms. The van der Waals surface area contributed by atoms with Crippen molar-refractivity contribution in [3.05, 3.63) is 29.8 Å². The summed E-state index contributed by atoms with van der Waals surface area (Å²) >= 11 is 0. The number of nitriles is 1. The molecule has 1 heterocycles.